The van der Waals surface area contributed by atoms with Gasteiger partial charge in [0.2, 0.25) is 15.6 Å². The Morgan fingerprint density at radius 3 is 2.42 bits per heavy atom. The Morgan fingerprint density at radius 1 is 1.13 bits per heavy atom. The van der Waals surface area contributed by atoms with Gasteiger partial charge in [-0.3, -0.25) is 4.79 Å². The molecule has 9 heteroatoms. The topological polar surface area (TPSA) is 113 Å². The molecule has 1 aliphatic rings. The monoisotopic (exact) mass is 443 g/mol. The summed E-state index contributed by atoms with van der Waals surface area (Å²) in [5.41, 5.74) is 4.28. The van der Waals surface area contributed by atoms with E-state index in [2.05, 4.69) is 11.8 Å². The summed E-state index contributed by atoms with van der Waals surface area (Å²) in [6.07, 6.45) is 0. The van der Waals surface area contributed by atoms with Crippen LogP contribution in [0, 0.1) is 11.8 Å². The van der Waals surface area contributed by atoms with Gasteiger partial charge in [-0.15, -0.1) is 0 Å². The van der Waals surface area contributed by atoms with E-state index >= 15 is 0 Å². The molecule has 31 heavy (non-hydrogen) atoms. The summed E-state index contributed by atoms with van der Waals surface area (Å²) in [6.45, 7) is 1.33. The van der Waals surface area contributed by atoms with Gasteiger partial charge in [0.15, 0.2) is 0 Å². The lowest BCUT2D eigenvalue weighted by atomic mass is 10.1. The van der Waals surface area contributed by atoms with Crippen LogP contribution in [0.25, 0.3) is 0 Å². The van der Waals surface area contributed by atoms with Crippen molar-refractivity contribution in [2.24, 2.45) is 5.73 Å². The third kappa shape index (κ3) is 5.55. The predicted octanol–water partition coefficient (Wildman–Crippen LogP) is 0.415. The van der Waals surface area contributed by atoms with Crippen LogP contribution in [-0.2, 0) is 14.8 Å². The molecule has 1 atom stereocenters. The Hall–Kier alpha value is -3.06. The molecule has 0 aromatic heterocycles. The smallest absolute Gasteiger partial charge is 0.263 e. The number of piperazine rings is 1. The van der Waals surface area contributed by atoms with Gasteiger partial charge >= 0.3 is 0 Å². The van der Waals surface area contributed by atoms with Crippen molar-refractivity contribution in [2.45, 2.75) is 5.60 Å². The number of rotatable bonds is 6. The molecule has 1 fully saturated rings. The molecule has 1 unspecified atom stereocenters. The van der Waals surface area contributed by atoms with E-state index in [-0.39, 0.29) is 13.1 Å². The Morgan fingerprint density at radius 2 is 1.81 bits per heavy atom. The standard InChI is InChI=1S/C22H25N3O5S/c1-30-20-9-5-8-19(16-20)24-12-14-25(15-13-24)31(28,29)17-22(27,21(23)26)11-10-18-6-3-2-4-7-18/h2-9,16,27H,12-15,17H2,1H3,(H2,23,26). The average Bonchev–Trinajstić information content (AvgIpc) is 2.78. The fourth-order valence-electron chi connectivity index (χ4n) is 3.25. The van der Waals surface area contributed by atoms with Gasteiger partial charge < -0.3 is 20.5 Å². The van der Waals surface area contributed by atoms with Crippen LogP contribution in [-0.4, -0.2) is 68.4 Å². The van der Waals surface area contributed by atoms with Gasteiger partial charge in [0, 0.05) is 43.5 Å². The van der Waals surface area contributed by atoms with Gasteiger partial charge in [-0.2, -0.15) is 4.31 Å². The summed E-state index contributed by atoms with van der Waals surface area (Å²) in [4.78, 5) is 13.9. The molecule has 0 bridgehead atoms. The van der Waals surface area contributed by atoms with E-state index < -0.39 is 27.3 Å². The van der Waals surface area contributed by atoms with Crippen LogP contribution in [0.15, 0.2) is 54.6 Å². The fraction of sp³-hybridized carbons (Fsp3) is 0.318. The van der Waals surface area contributed by atoms with Crippen molar-refractivity contribution in [3.63, 3.8) is 0 Å². The lowest BCUT2D eigenvalue weighted by molar-refractivity contribution is -0.129. The first-order valence-electron chi connectivity index (χ1n) is 9.71. The van der Waals surface area contributed by atoms with E-state index in [1.165, 1.54) is 4.31 Å². The van der Waals surface area contributed by atoms with Gasteiger partial charge in [0.05, 0.1) is 7.11 Å². The molecule has 0 saturated carbocycles. The first-order valence-corrected chi connectivity index (χ1v) is 11.3. The number of hydrogen-bond donors (Lipinski definition) is 2. The number of hydrogen-bond acceptors (Lipinski definition) is 6. The van der Waals surface area contributed by atoms with Crippen LogP contribution in [0.1, 0.15) is 5.56 Å². The molecule has 0 radical (unpaired) electrons. The third-order valence-electron chi connectivity index (χ3n) is 5.04. The van der Waals surface area contributed by atoms with E-state index in [4.69, 9.17) is 10.5 Å². The number of nitrogens with zero attached hydrogens (tertiary/aromatic N) is 2. The summed E-state index contributed by atoms with van der Waals surface area (Å²) in [7, 11) is -2.39. The second kappa shape index (κ2) is 9.39. The lowest BCUT2D eigenvalue weighted by Gasteiger charge is -2.36. The Bertz CT molecular complexity index is 1090. The zero-order chi connectivity index (χ0) is 22.5. The Balaban J connectivity index is 1.71. The molecule has 8 nitrogen and oxygen atoms in total. The molecule has 2 aromatic rings. The number of nitrogens with two attached hydrogens (primary N) is 1. The maximum Gasteiger partial charge on any atom is 0.263 e. The van der Waals surface area contributed by atoms with Crippen molar-refractivity contribution in [2.75, 3.05) is 43.9 Å². The number of carbonyl (C=O) groups excluding carboxylic acids is 1. The minimum Gasteiger partial charge on any atom is -0.497 e. The van der Waals surface area contributed by atoms with Gasteiger partial charge in [-0.1, -0.05) is 36.1 Å². The fourth-order valence-corrected chi connectivity index (χ4v) is 4.90. The van der Waals surface area contributed by atoms with E-state index in [0.717, 1.165) is 11.4 Å². The number of ether oxygens (including phenoxy) is 1. The zero-order valence-corrected chi connectivity index (χ0v) is 18.0. The zero-order valence-electron chi connectivity index (χ0n) is 17.2. The van der Waals surface area contributed by atoms with Gasteiger partial charge in [-0.05, 0) is 24.3 Å². The molecule has 1 aliphatic heterocycles. The van der Waals surface area contributed by atoms with Crippen LogP contribution >= 0.6 is 0 Å². The first-order chi connectivity index (χ1) is 14.7. The molecule has 3 rings (SSSR count). The van der Waals surface area contributed by atoms with Crippen molar-refractivity contribution in [1.82, 2.24) is 4.31 Å². The van der Waals surface area contributed by atoms with E-state index in [1.54, 1.807) is 37.4 Å². The highest BCUT2D eigenvalue weighted by Crippen LogP contribution is 2.23. The second-order valence-electron chi connectivity index (χ2n) is 7.18. The van der Waals surface area contributed by atoms with Gasteiger partial charge in [0.1, 0.15) is 11.5 Å². The maximum atomic E-state index is 12.9. The molecular weight excluding hydrogens is 418 g/mol. The third-order valence-corrected chi connectivity index (χ3v) is 6.97. The summed E-state index contributed by atoms with van der Waals surface area (Å²) >= 11 is 0. The van der Waals surface area contributed by atoms with Crippen molar-refractivity contribution >= 4 is 21.6 Å². The normalized spacial score (nSPS) is 16.6. The van der Waals surface area contributed by atoms with E-state index in [1.807, 2.05) is 29.2 Å². The molecule has 0 spiro atoms. The highest BCUT2D eigenvalue weighted by Gasteiger charge is 2.41. The average molecular weight is 444 g/mol. The van der Waals surface area contributed by atoms with E-state index in [0.29, 0.717) is 18.7 Å². The molecular formula is C22H25N3O5S. The SMILES string of the molecule is COc1cccc(N2CCN(S(=O)(=O)CC(O)(C#Cc3ccccc3)C(N)=O)CC2)c1. The lowest BCUT2D eigenvalue weighted by Crippen LogP contribution is -2.55. The molecule has 2 aromatic carbocycles. The minimum absolute atomic E-state index is 0.209. The molecule has 1 amide bonds. The van der Waals surface area contributed by atoms with Crippen molar-refractivity contribution < 1.29 is 23.1 Å². The molecule has 3 N–H and O–H groups in total. The summed E-state index contributed by atoms with van der Waals surface area (Å²) in [6, 6.07) is 16.2. The first kappa shape index (κ1) is 22.6. The van der Waals surface area contributed by atoms with E-state index in [9.17, 15) is 18.3 Å². The van der Waals surface area contributed by atoms with Gasteiger partial charge in [0.25, 0.3) is 5.91 Å². The Labute approximate surface area is 182 Å². The van der Waals surface area contributed by atoms with Crippen LogP contribution in [0.3, 0.4) is 0 Å². The molecule has 1 heterocycles. The highest BCUT2D eigenvalue weighted by molar-refractivity contribution is 7.89. The maximum absolute atomic E-state index is 12.9. The Kier molecular flexibility index (Phi) is 6.85. The van der Waals surface area contributed by atoms with Crippen LogP contribution < -0.4 is 15.4 Å². The van der Waals surface area contributed by atoms with Crippen molar-refractivity contribution in [3.05, 3.63) is 60.2 Å². The predicted molar refractivity (Wildman–Crippen MR) is 118 cm³/mol. The largest absolute Gasteiger partial charge is 0.497 e. The number of amides is 1. The van der Waals surface area contributed by atoms with Crippen molar-refractivity contribution in [1.29, 1.82) is 0 Å². The summed E-state index contributed by atoms with van der Waals surface area (Å²) < 4.78 is 32.3. The number of primary amides is 1. The number of aliphatic hydroxyl groups is 1. The van der Waals surface area contributed by atoms with Crippen LogP contribution in [0.4, 0.5) is 5.69 Å². The molecule has 1 saturated heterocycles. The molecule has 164 valence electrons. The van der Waals surface area contributed by atoms with Crippen LogP contribution in [0.2, 0.25) is 0 Å². The highest BCUT2D eigenvalue weighted by atomic mass is 32.2. The number of benzene rings is 2. The summed E-state index contributed by atoms with van der Waals surface area (Å²) in [5, 5.41) is 10.6. The number of sulfonamides is 1. The number of methoxy groups -OCH3 is 1. The molecule has 0 aliphatic carbocycles. The minimum atomic E-state index is -3.98. The quantitative estimate of drug-likeness (QED) is 0.626. The second-order valence-corrected chi connectivity index (χ2v) is 9.15. The summed E-state index contributed by atoms with van der Waals surface area (Å²) in [5.74, 6) is 3.61. The van der Waals surface area contributed by atoms with Crippen LogP contribution in [0.5, 0.6) is 5.75 Å². The number of anilines is 1. The van der Waals surface area contributed by atoms with Gasteiger partial charge in [-0.25, -0.2) is 8.42 Å². The van der Waals surface area contributed by atoms with Crippen molar-refractivity contribution in [3.8, 4) is 17.6 Å². The number of carbonyl (C=O) groups is 1.